The summed E-state index contributed by atoms with van der Waals surface area (Å²) in [6.07, 6.45) is 0.774. The maximum absolute atomic E-state index is 13.5. The van der Waals surface area contributed by atoms with Gasteiger partial charge in [0.2, 0.25) is 5.91 Å². The first-order valence-corrected chi connectivity index (χ1v) is 11.3. The Hall–Kier alpha value is -3.28. The highest BCUT2D eigenvalue weighted by Crippen LogP contribution is 2.36. The molecule has 1 amide bonds. The van der Waals surface area contributed by atoms with Crippen LogP contribution in [0.3, 0.4) is 0 Å². The van der Waals surface area contributed by atoms with Crippen LogP contribution < -0.4 is 10.6 Å². The Morgan fingerprint density at radius 1 is 0.788 bits per heavy atom. The van der Waals surface area contributed by atoms with Crippen molar-refractivity contribution >= 4 is 17.3 Å². The molecular formula is C27H27F3N2O. The lowest BCUT2D eigenvalue weighted by Gasteiger charge is -2.26. The van der Waals surface area contributed by atoms with Crippen LogP contribution in [0.15, 0.2) is 78.9 Å². The number of alkyl halides is 3. The Morgan fingerprint density at radius 2 is 1.36 bits per heavy atom. The average molecular weight is 453 g/mol. The van der Waals surface area contributed by atoms with Crippen LogP contribution in [0.1, 0.15) is 54.7 Å². The molecule has 2 N–H and O–H groups in total. The van der Waals surface area contributed by atoms with Crippen LogP contribution in [0.5, 0.6) is 0 Å². The van der Waals surface area contributed by atoms with E-state index >= 15 is 0 Å². The molecule has 1 aliphatic rings. The number of nitrogens with one attached hydrogen (secondary N) is 2. The van der Waals surface area contributed by atoms with E-state index in [1.54, 1.807) is 0 Å². The highest BCUT2D eigenvalue weighted by atomic mass is 19.4. The van der Waals surface area contributed by atoms with E-state index in [0.717, 1.165) is 48.9 Å². The molecule has 0 atom stereocenters. The highest BCUT2D eigenvalue weighted by Gasteiger charge is 2.32. The molecule has 1 fully saturated rings. The van der Waals surface area contributed by atoms with Crippen LogP contribution in [0.4, 0.5) is 24.5 Å². The van der Waals surface area contributed by atoms with Gasteiger partial charge in [-0.1, -0.05) is 79.9 Å². The summed E-state index contributed by atoms with van der Waals surface area (Å²) in [5.41, 5.74) is 1.42. The Bertz CT molecular complexity index is 1020. The summed E-state index contributed by atoms with van der Waals surface area (Å²) in [5.74, 6) is -1.03. The number of hydrogen-bond donors (Lipinski definition) is 2. The van der Waals surface area contributed by atoms with Gasteiger partial charge in [0.15, 0.2) is 0 Å². The molecule has 0 aromatic heterocycles. The third kappa shape index (κ3) is 5.75. The predicted octanol–water partition coefficient (Wildman–Crippen LogP) is 7.22. The van der Waals surface area contributed by atoms with Crippen LogP contribution in [0, 0.1) is 0 Å². The molecule has 33 heavy (non-hydrogen) atoms. The van der Waals surface area contributed by atoms with Crippen molar-refractivity contribution in [1.29, 1.82) is 0 Å². The molecule has 3 aromatic rings. The van der Waals surface area contributed by atoms with Crippen LogP contribution in [0.25, 0.3) is 0 Å². The van der Waals surface area contributed by atoms with Gasteiger partial charge in [-0.05, 0) is 42.2 Å². The van der Waals surface area contributed by atoms with Gasteiger partial charge in [-0.2, -0.15) is 13.2 Å². The fraction of sp³-hybridized carbons (Fsp3) is 0.296. The molecule has 3 aromatic carbocycles. The quantitative estimate of drug-likeness (QED) is 0.415. The second kappa shape index (κ2) is 10.1. The molecule has 0 saturated heterocycles. The first-order valence-electron chi connectivity index (χ1n) is 11.3. The lowest BCUT2D eigenvalue weighted by Crippen LogP contribution is -2.26. The Kier molecular flexibility index (Phi) is 7.02. The zero-order valence-electron chi connectivity index (χ0n) is 18.2. The molecule has 0 radical (unpaired) electrons. The molecule has 0 aliphatic heterocycles. The smallest absolute Gasteiger partial charge is 0.381 e. The lowest BCUT2D eigenvalue weighted by molar-refractivity contribution is -0.137. The van der Waals surface area contributed by atoms with E-state index in [4.69, 9.17) is 0 Å². The molecule has 0 heterocycles. The minimum Gasteiger partial charge on any atom is -0.381 e. The van der Waals surface area contributed by atoms with E-state index in [-0.39, 0.29) is 17.6 Å². The van der Waals surface area contributed by atoms with Gasteiger partial charge in [0.05, 0.1) is 22.9 Å². The third-order valence-corrected chi connectivity index (χ3v) is 6.10. The Labute approximate surface area is 192 Å². The van der Waals surface area contributed by atoms with Crippen LogP contribution in [0.2, 0.25) is 0 Å². The molecule has 0 spiro atoms. The number of carbonyl (C=O) groups excluding carboxylic acids is 1. The fourth-order valence-electron chi connectivity index (χ4n) is 4.41. The van der Waals surface area contributed by atoms with Crippen molar-refractivity contribution in [2.75, 3.05) is 10.6 Å². The summed E-state index contributed by atoms with van der Waals surface area (Å²) in [6.45, 7) is 0. The zero-order chi connectivity index (χ0) is 23.3. The SMILES string of the molecule is O=C(Nc1cc(C(F)(F)F)ccc1NC1CCCCC1)C(c1ccccc1)c1ccccc1. The molecule has 1 saturated carbocycles. The summed E-state index contributed by atoms with van der Waals surface area (Å²) in [7, 11) is 0. The van der Waals surface area contributed by atoms with Gasteiger partial charge in [-0.3, -0.25) is 4.79 Å². The highest BCUT2D eigenvalue weighted by molar-refractivity contribution is 6.00. The fourth-order valence-corrected chi connectivity index (χ4v) is 4.41. The van der Waals surface area contributed by atoms with Crippen molar-refractivity contribution in [1.82, 2.24) is 0 Å². The van der Waals surface area contributed by atoms with E-state index in [2.05, 4.69) is 10.6 Å². The van der Waals surface area contributed by atoms with E-state index in [1.165, 1.54) is 12.5 Å². The molecular weight excluding hydrogens is 425 g/mol. The minimum atomic E-state index is -4.50. The van der Waals surface area contributed by atoms with E-state index in [9.17, 15) is 18.0 Å². The number of anilines is 2. The average Bonchev–Trinajstić information content (AvgIpc) is 2.82. The van der Waals surface area contributed by atoms with Gasteiger partial charge in [0.1, 0.15) is 0 Å². The summed E-state index contributed by atoms with van der Waals surface area (Å²) in [6, 6.07) is 22.2. The molecule has 172 valence electrons. The molecule has 3 nitrogen and oxygen atoms in total. The van der Waals surface area contributed by atoms with Gasteiger partial charge >= 0.3 is 6.18 Å². The second-order valence-corrected chi connectivity index (χ2v) is 8.48. The number of halogens is 3. The Balaban J connectivity index is 1.68. The van der Waals surface area contributed by atoms with Crippen molar-refractivity contribution in [3.05, 3.63) is 95.6 Å². The van der Waals surface area contributed by atoms with Gasteiger partial charge in [0.25, 0.3) is 0 Å². The first kappa shape index (κ1) is 22.9. The Morgan fingerprint density at radius 3 is 1.91 bits per heavy atom. The first-order chi connectivity index (χ1) is 15.9. The number of benzene rings is 3. The van der Waals surface area contributed by atoms with E-state index < -0.39 is 17.7 Å². The molecule has 0 unspecified atom stereocenters. The molecule has 4 rings (SSSR count). The van der Waals surface area contributed by atoms with Gasteiger partial charge in [-0.15, -0.1) is 0 Å². The van der Waals surface area contributed by atoms with E-state index in [0.29, 0.717) is 5.69 Å². The van der Waals surface area contributed by atoms with Gasteiger partial charge < -0.3 is 10.6 Å². The zero-order valence-corrected chi connectivity index (χ0v) is 18.2. The maximum atomic E-state index is 13.5. The summed E-state index contributed by atoms with van der Waals surface area (Å²) < 4.78 is 40.4. The standard InChI is InChI=1S/C27H27F3N2O/c28-27(29,30)21-16-17-23(31-22-14-8-3-9-15-22)24(18-21)32-26(33)25(19-10-4-1-5-11-19)20-12-6-2-7-13-20/h1-2,4-7,10-13,16-18,22,25,31H,3,8-9,14-15H2,(H,32,33). The predicted molar refractivity (Wildman–Crippen MR) is 125 cm³/mol. The van der Waals surface area contributed by atoms with Gasteiger partial charge in [-0.25, -0.2) is 0 Å². The number of carbonyl (C=O) groups is 1. The number of hydrogen-bond acceptors (Lipinski definition) is 2. The third-order valence-electron chi connectivity index (χ3n) is 6.10. The van der Waals surface area contributed by atoms with Crippen molar-refractivity contribution in [3.63, 3.8) is 0 Å². The van der Waals surface area contributed by atoms with Crippen LogP contribution >= 0.6 is 0 Å². The van der Waals surface area contributed by atoms with Crippen molar-refractivity contribution in [2.45, 2.75) is 50.2 Å². The van der Waals surface area contributed by atoms with Crippen LogP contribution in [-0.2, 0) is 11.0 Å². The molecule has 1 aliphatic carbocycles. The number of rotatable bonds is 6. The molecule has 0 bridgehead atoms. The van der Waals surface area contributed by atoms with Crippen molar-refractivity contribution < 1.29 is 18.0 Å². The monoisotopic (exact) mass is 452 g/mol. The van der Waals surface area contributed by atoms with E-state index in [1.807, 2.05) is 60.7 Å². The second-order valence-electron chi connectivity index (χ2n) is 8.48. The van der Waals surface area contributed by atoms with Crippen molar-refractivity contribution in [2.24, 2.45) is 0 Å². The maximum Gasteiger partial charge on any atom is 0.416 e. The van der Waals surface area contributed by atoms with Crippen molar-refractivity contribution in [3.8, 4) is 0 Å². The van der Waals surface area contributed by atoms with Gasteiger partial charge in [0, 0.05) is 6.04 Å². The summed E-state index contributed by atoms with van der Waals surface area (Å²) in [4.78, 5) is 13.5. The molecule has 6 heteroatoms. The minimum absolute atomic E-state index is 0.150. The number of amides is 1. The normalized spacial score (nSPS) is 14.8. The lowest BCUT2D eigenvalue weighted by atomic mass is 9.90. The van der Waals surface area contributed by atoms with Crippen LogP contribution in [-0.4, -0.2) is 11.9 Å². The largest absolute Gasteiger partial charge is 0.416 e. The topological polar surface area (TPSA) is 41.1 Å². The summed E-state index contributed by atoms with van der Waals surface area (Å²) in [5, 5.41) is 6.18. The summed E-state index contributed by atoms with van der Waals surface area (Å²) >= 11 is 0.